The van der Waals surface area contributed by atoms with E-state index in [0.29, 0.717) is 0 Å². The van der Waals surface area contributed by atoms with E-state index in [1.807, 2.05) is 18.7 Å². The minimum absolute atomic E-state index is 0.0162. The van der Waals surface area contributed by atoms with Gasteiger partial charge in [-0.2, -0.15) is 24.4 Å². The van der Waals surface area contributed by atoms with Crippen LogP contribution in [0, 0.1) is 0 Å². The van der Waals surface area contributed by atoms with Crippen LogP contribution in [0.15, 0.2) is 0 Å². The van der Waals surface area contributed by atoms with Crippen molar-refractivity contribution in [2.24, 2.45) is 0 Å². The first kappa shape index (κ1) is 12.2. The lowest BCUT2D eigenvalue weighted by molar-refractivity contribution is -0.120. The summed E-state index contributed by atoms with van der Waals surface area (Å²) < 4.78 is 0. The third-order valence-electron chi connectivity index (χ3n) is 1.34. The fourth-order valence-electron chi connectivity index (χ4n) is 0.700. The molecule has 0 rings (SSSR count). The van der Waals surface area contributed by atoms with Crippen LogP contribution < -0.4 is 5.32 Å². The van der Waals surface area contributed by atoms with Gasteiger partial charge in [-0.1, -0.05) is 6.92 Å². The number of hydrogen-bond acceptors (Lipinski definition) is 3. The summed E-state index contributed by atoms with van der Waals surface area (Å²) >= 11 is 5.87. The van der Waals surface area contributed by atoms with E-state index in [2.05, 4.69) is 24.9 Å². The van der Waals surface area contributed by atoms with Gasteiger partial charge in [0.1, 0.15) is 0 Å². The van der Waals surface area contributed by atoms with Crippen LogP contribution in [0.25, 0.3) is 0 Å². The lowest BCUT2D eigenvalue weighted by atomic mass is 10.3. The van der Waals surface area contributed by atoms with Crippen LogP contribution in [0.2, 0.25) is 0 Å². The zero-order chi connectivity index (χ0) is 9.56. The van der Waals surface area contributed by atoms with E-state index in [0.717, 1.165) is 11.5 Å². The van der Waals surface area contributed by atoms with Crippen molar-refractivity contribution in [2.45, 2.75) is 32.1 Å². The van der Waals surface area contributed by atoms with Gasteiger partial charge in [-0.3, -0.25) is 4.79 Å². The number of rotatable bonds is 5. The molecule has 0 aliphatic rings. The third kappa shape index (κ3) is 5.77. The van der Waals surface area contributed by atoms with Crippen molar-refractivity contribution < 1.29 is 4.79 Å². The molecule has 2 unspecified atom stereocenters. The molecule has 4 heteroatoms. The van der Waals surface area contributed by atoms with E-state index in [9.17, 15) is 4.79 Å². The lowest BCUT2D eigenvalue weighted by Crippen LogP contribution is -2.38. The minimum atomic E-state index is -0.209. The Bertz CT molecular complexity index is 139. The predicted octanol–water partition coefficient (Wildman–Crippen LogP) is 1.56. The molecule has 12 heavy (non-hydrogen) atoms. The molecule has 2 nitrogen and oxygen atoms in total. The van der Waals surface area contributed by atoms with Crippen molar-refractivity contribution in [3.63, 3.8) is 0 Å². The van der Waals surface area contributed by atoms with Gasteiger partial charge in [0.2, 0.25) is 5.91 Å². The van der Waals surface area contributed by atoms with E-state index in [1.165, 1.54) is 0 Å². The van der Waals surface area contributed by atoms with Crippen molar-refractivity contribution in [2.75, 3.05) is 11.5 Å². The summed E-state index contributed by atoms with van der Waals surface area (Å²) in [7, 11) is 0. The second kappa shape index (κ2) is 6.66. The Morgan fingerprint density at radius 3 is 2.58 bits per heavy atom. The highest BCUT2D eigenvalue weighted by Gasteiger charge is 2.10. The van der Waals surface area contributed by atoms with Crippen LogP contribution in [0.3, 0.4) is 0 Å². The Kier molecular flexibility index (Phi) is 6.76. The summed E-state index contributed by atoms with van der Waals surface area (Å²) in [4.78, 5) is 11.1. The van der Waals surface area contributed by atoms with Gasteiger partial charge in [0.05, 0.1) is 5.25 Å². The molecule has 72 valence electrons. The van der Waals surface area contributed by atoms with E-state index in [1.54, 1.807) is 6.92 Å². The Morgan fingerprint density at radius 1 is 1.58 bits per heavy atom. The average molecular weight is 207 g/mol. The minimum Gasteiger partial charge on any atom is -0.352 e. The maximum absolute atomic E-state index is 11.1. The second-order valence-corrected chi connectivity index (χ2v) is 4.84. The molecule has 2 atom stereocenters. The first-order valence-electron chi connectivity index (χ1n) is 4.14. The molecule has 0 aromatic carbocycles. The largest absolute Gasteiger partial charge is 0.352 e. The Morgan fingerprint density at radius 2 is 2.17 bits per heavy atom. The SMILES string of the molecule is CCSCC(C)NC(=O)C(C)S. The third-order valence-corrected chi connectivity index (χ3v) is 2.72. The number of carbonyl (C=O) groups excluding carboxylic acids is 1. The normalized spacial score (nSPS) is 15.3. The molecular weight excluding hydrogens is 190 g/mol. The molecule has 0 bridgehead atoms. The van der Waals surface area contributed by atoms with Gasteiger partial charge < -0.3 is 5.32 Å². The highest BCUT2D eigenvalue weighted by molar-refractivity contribution is 7.99. The summed E-state index contributed by atoms with van der Waals surface area (Å²) in [5.74, 6) is 2.09. The predicted molar refractivity (Wildman–Crippen MR) is 59.1 cm³/mol. The molecule has 0 spiro atoms. The number of hydrogen-bond donors (Lipinski definition) is 2. The summed E-state index contributed by atoms with van der Waals surface area (Å²) in [6.07, 6.45) is 0. The molecule has 0 aromatic rings. The molecule has 0 aromatic heterocycles. The van der Waals surface area contributed by atoms with Crippen LogP contribution in [0.4, 0.5) is 0 Å². The van der Waals surface area contributed by atoms with E-state index in [4.69, 9.17) is 0 Å². The fourth-order valence-corrected chi connectivity index (χ4v) is 1.45. The number of amides is 1. The lowest BCUT2D eigenvalue weighted by Gasteiger charge is -2.14. The average Bonchev–Trinajstić information content (AvgIpc) is 2.00. The van der Waals surface area contributed by atoms with Crippen molar-refractivity contribution >= 4 is 30.3 Å². The Balaban J connectivity index is 3.54. The van der Waals surface area contributed by atoms with Crippen molar-refractivity contribution in [1.82, 2.24) is 5.32 Å². The number of thiol groups is 1. The molecule has 0 fully saturated rings. The van der Waals surface area contributed by atoms with Crippen molar-refractivity contribution in [3.8, 4) is 0 Å². The highest BCUT2D eigenvalue weighted by Crippen LogP contribution is 2.02. The van der Waals surface area contributed by atoms with Crippen molar-refractivity contribution in [3.05, 3.63) is 0 Å². The molecule has 0 saturated heterocycles. The van der Waals surface area contributed by atoms with Crippen LogP contribution in [-0.4, -0.2) is 28.7 Å². The van der Waals surface area contributed by atoms with Gasteiger partial charge in [-0.05, 0) is 19.6 Å². The van der Waals surface area contributed by atoms with Gasteiger partial charge in [-0.15, -0.1) is 0 Å². The first-order valence-corrected chi connectivity index (χ1v) is 5.81. The zero-order valence-electron chi connectivity index (χ0n) is 7.83. The molecule has 0 aliphatic heterocycles. The summed E-state index contributed by atoms with van der Waals surface area (Å²) in [6.45, 7) is 5.90. The van der Waals surface area contributed by atoms with Gasteiger partial charge in [-0.25, -0.2) is 0 Å². The quantitative estimate of drug-likeness (QED) is 0.670. The monoisotopic (exact) mass is 207 g/mol. The molecule has 0 aliphatic carbocycles. The topological polar surface area (TPSA) is 29.1 Å². The van der Waals surface area contributed by atoms with Gasteiger partial charge in [0.25, 0.3) is 0 Å². The molecule has 0 heterocycles. The maximum Gasteiger partial charge on any atom is 0.232 e. The number of carbonyl (C=O) groups is 1. The molecular formula is C8H17NOS2. The Hall–Kier alpha value is 0.170. The summed E-state index contributed by atoms with van der Waals surface area (Å²) in [6, 6.07) is 0.247. The summed E-state index contributed by atoms with van der Waals surface area (Å²) in [5.41, 5.74) is 0. The van der Waals surface area contributed by atoms with Crippen LogP contribution in [0.1, 0.15) is 20.8 Å². The molecule has 1 N–H and O–H groups in total. The van der Waals surface area contributed by atoms with Gasteiger partial charge >= 0.3 is 0 Å². The number of thioether (sulfide) groups is 1. The fraction of sp³-hybridized carbons (Fsp3) is 0.875. The zero-order valence-corrected chi connectivity index (χ0v) is 9.54. The van der Waals surface area contributed by atoms with E-state index in [-0.39, 0.29) is 17.2 Å². The standard InChI is InChI=1S/C8H17NOS2/c1-4-12-5-6(2)9-8(10)7(3)11/h6-7,11H,4-5H2,1-3H3,(H,9,10). The summed E-state index contributed by atoms with van der Waals surface area (Å²) in [5, 5.41) is 2.67. The van der Waals surface area contributed by atoms with Crippen LogP contribution in [-0.2, 0) is 4.79 Å². The highest BCUT2D eigenvalue weighted by atomic mass is 32.2. The van der Waals surface area contributed by atoms with Crippen LogP contribution in [0.5, 0.6) is 0 Å². The first-order chi connectivity index (χ1) is 5.57. The van der Waals surface area contributed by atoms with Gasteiger partial charge in [0.15, 0.2) is 0 Å². The maximum atomic E-state index is 11.1. The van der Waals surface area contributed by atoms with Gasteiger partial charge in [0, 0.05) is 11.8 Å². The molecule has 0 saturated carbocycles. The molecule has 1 amide bonds. The van der Waals surface area contributed by atoms with Crippen molar-refractivity contribution in [1.29, 1.82) is 0 Å². The second-order valence-electron chi connectivity index (χ2n) is 2.75. The molecule has 0 radical (unpaired) electrons. The Labute approximate surface area is 84.3 Å². The van der Waals surface area contributed by atoms with E-state index < -0.39 is 0 Å². The number of nitrogens with one attached hydrogen (secondary N) is 1. The van der Waals surface area contributed by atoms with E-state index >= 15 is 0 Å². The van der Waals surface area contributed by atoms with Crippen LogP contribution >= 0.6 is 24.4 Å². The smallest absolute Gasteiger partial charge is 0.232 e.